The van der Waals surface area contributed by atoms with Gasteiger partial charge in [0.15, 0.2) is 11.3 Å². The van der Waals surface area contributed by atoms with Crippen LogP contribution >= 0.6 is 0 Å². The van der Waals surface area contributed by atoms with E-state index in [2.05, 4.69) is 22.3 Å². The minimum Gasteiger partial charge on any atom is -0.466 e. The van der Waals surface area contributed by atoms with E-state index in [-0.39, 0.29) is 34.7 Å². The predicted octanol–water partition coefficient (Wildman–Crippen LogP) is 2.78. The Morgan fingerprint density at radius 3 is 2.52 bits per heavy atom. The molecule has 0 aliphatic heterocycles. The van der Waals surface area contributed by atoms with Crippen LogP contribution in [0.1, 0.15) is 74.4 Å². The lowest BCUT2D eigenvalue weighted by Gasteiger charge is -2.45. The van der Waals surface area contributed by atoms with Gasteiger partial charge in [-0.25, -0.2) is 14.3 Å². The van der Waals surface area contributed by atoms with Crippen molar-refractivity contribution in [2.45, 2.75) is 59.4 Å². The van der Waals surface area contributed by atoms with Crippen LogP contribution in [0, 0.1) is 10.8 Å². The molecule has 1 N–H and O–H groups in total. The van der Waals surface area contributed by atoms with Gasteiger partial charge in [-0.1, -0.05) is 6.92 Å². The van der Waals surface area contributed by atoms with Crippen LogP contribution in [-0.4, -0.2) is 52.2 Å². The Morgan fingerprint density at radius 2 is 1.90 bits per heavy atom. The fourth-order valence-electron chi connectivity index (χ4n) is 4.04. The number of carbonyl (C=O) groups is 3. The summed E-state index contributed by atoms with van der Waals surface area (Å²) in [5.74, 6) is -1.13. The zero-order chi connectivity index (χ0) is 22.8. The van der Waals surface area contributed by atoms with E-state index in [1.807, 2.05) is 20.8 Å². The lowest BCUT2D eigenvalue weighted by atomic mass is 9.62. The van der Waals surface area contributed by atoms with Crippen LogP contribution in [0.3, 0.4) is 0 Å². The molecule has 2 heterocycles. The number of nitrogens with one attached hydrogen (secondary N) is 1. The van der Waals surface area contributed by atoms with Gasteiger partial charge in [-0.2, -0.15) is 5.10 Å². The van der Waals surface area contributed by atoms with Gasteiger partial charge in [0.25, 0.3) is 5.91 Å². The fourth-order valence-corrected chi connectivity index (χ4v) is 4.04. The number of hydrogen-bond acceptors (Lipinski definition) is 7. The van der Waals surface area contributed by atoms with Crippen LogP contribution in [0.2, 0.25) is 0 Å². The first-order valence-electron chi connectivity index (χ1n) is 10.5. The first-order valence-corrected chi connectivity index (χ1v) is 10.5. The molecule has 0 aromatic carbocycles. The van der Waals surface area contributed by atoms with Gasteiger partial charge in [0.1, 0.15) is 5.69 Å². The summed E-state index contributed by atoms with van der Waals surface area (Å²) < 4.78 is 11.4. The van der Waals surface area contributed by atoms with Crippen LogP contribution in [0.25, 0.3) is 5.65 Å². The Bertz CT molecular complexity index is 991. The van der Waals surface area contributed by atoms with E-state index < -0.39 is 11.4 Å². The molecule has 0 saturated heterocycles. The molecule has 1 unspecified atom stereocenters. The lowest BCUT2D eigenvalue weighted by Crippen LogP contribution is -2.49. The fraction of sp³-hybridized carbons (Fsp3) is 0.591. The number of carbonyl (C=O) groups excluding carboxylic acids is 3. The summed E-state index contributed by atoms with van der Waals surface area (Å²) in [7, 11) is 1.26. The number of hydrogen-bond donors (Lipinski definition) is 1. The summed E-state index contributed by atoms with van der Waals surface area (Å²) in [6, 6.07) is 2.84. The third-order valence-corrected chi connectivity index (χ3v) is 6.64. The van der Waals surface area contributed by atoms with Crippen molar-refractivity contribution in [2.75, 3.05) is 13.7 Å². The van der Waals surface area contributed by atoms with Gasteiger partial charge in [0.05, 0.1) is 25.3 Å². The second kappa shape index (κ2) is 8.64. The van der Waals surface area contributed by atoms with E-state index in [9.17, 15) is 14.4 Å². The highest BCUT2D eigenvalue weighted by Crippen LogP contribution is 2.47. The minimum absolute atomic E-state index is 0.0439. The molecule has 3 rings (SSSR count). The van der Waals surface area contributed by atoms with Gasteiger partial charge in [-0.3, -0.25) is 9.59 Å². The third-order valence-electron chi connectivity index (χ3n) is 6.64. The molecule has 9 nitrogen and oxygen atoms in total. The summed E-state index contributed by atoms with van der Waals surface area (Å²) in [6.45, 7) is 8.23. The normalized spacial score (nSPS) is 24.4. The second-order valence-electron chi connectivity index (χ2n) is 8.75. The van der Waals surface area contributed by atoms with Crippen molar-refractivity contribution < 1.29 is 23.9 Å². The molecule has 31 heavy (non-hydrogen) atoms. The monoisotopic (exact) mass is 430 g/mol. The van der Waals surface area contributed by atoms with E-state index in [0.29, 0.717) is 25.1 Å². The summed E-state index contributed by atoms with van der Waals surface area (Å²) in [5, 5.41) is 7.21. The smallest absolute Gasteiger partial charge is 0.356 e. The van der Waals surface area contributed by atoms with Crippen molar-refractivity contribution in [2.24, 2.45) is 10.8 Å². The Morgan fingerprint density at radius 1 is 1.23 bits per heavy atom. The highest BCUT2D eigenvalue weighted by atomic mass is 16.5. The van der Waals surface area contributed by atoms with Gasteiger partial charge >= 0.3 is 11.9 Å². The summed E-state index contributed by atoms with van der Waals surface area (Å²) >= 11 is 0. The average Bonchev–Trinajstić information content (AvgIpc) is 3.23. The molecular formula is C22H30N4O5. The molecule has 1 aliphatic carbocycles. The summed E-state index contributed by atoms with van der Waals surface area (Å²) in [4.78, 5) is 41.6. The predicted molar refractivity (Wildman–Crippen MR) is 113 cm³/mol. The van der Waals surface area contributed by atoms with E-state index >= 15 is 0 Å². The van der Waals surface area contributed by atoms with Crippen molar-refractivity contribution >= 4 is 23.5 Å². The molecule has 1 aliphatic rings. The summed E-state index contributed by atoms with van der Waals surface area (Å²) in [5.41, 5.74) is -0.0282. The molecule has 1 atom stereocenters. The van der Waals surface area contributed by atoms with Gasteiger partial charge < -0.3 is 14.8 Å². The second-order valence-corrected chi connectivity index (χ2v) is 8.75. The molecule has 168 valence electrons. The maximum Gasteiger partial charge on any atom is 0.356 e. The average molecular weight is 431 g/mol. The molecule has 2 aromatic rings. The Kier molecular flexibility index (Phi) is 6.33. The van der Waals surface area contributed by atoms with E-state index in [4.69, 9.17) is 9.47 Å². The Balaban J connectivity index is 1.76. The van der Waals surface area contributed by atoms with Crippen LogP contribution < -0.4 is 5.32 Å². The van der Waals surface area contributed by atoms with Crippen molar-refractivity contribution in [1.82, 2.24) is 19.9 Å². The molecule has 1 saturated carbocycles. The van der Waals surface area contributed by atoms with Crippen molar-refractivity contribution in [1.29, 1.82) is 0 Å². The van der Waals surface area contributed by atoms with Crippen LogP contribution in [0.4, 0.5) is 0 Å². The zero-order valence-corrected chi connectivity index (χ0v) is 18.7. The first kappa shape index (κ1) is 22.7. The quantitative estimate of drug-likeness (QED) is 0.701. The summed E-state index contributed by atoms with van der Waals surface area (Å²) in [6.07, 6.45) is 4.49. The number of methoxy groups -OCH3 is 1. The van der Waals surface area contributed by atoms with Crippen molar-refractivity contribution in [3.05, 3.63) is 29.7 Å². The van der Waals surface area contributed by atoms with Crippen molar-refractivity contribution in [3.63, 3.8) is 0 Å². The van der Waals surface area contributed by atoms with E-state index in [1.54, 1.807) is 6.07 Å². The van der Waals surface area contributed by atoms with E-state index in [0.717, 1.165) is 12.8 Å². The standard InChI is InChI=1S/C22H30N4O5/c1-6-31-20(29)22(4)10-8-21(3,9-11-22)14(2)24-18(27)16-13-15(19(28)30-5)25-17-7-12-23-26(16)17/h7,12-14H,6,8-11H2,1-5H3,(H,24,27). The molecular weight excluding hydrogens is 400 g/mol. The van der Waals surface area contributed by atoms with Gasteiger partial charge in [-0.05, 0) is 51.9 Å². The number of fused-ring (bicyclic) bond motifs is 1. The Hall–Kier alpha value is -2.97. The number of esters is 2. The minimum atomic E-state index is -0.622. The number of rotatable bonds is 6. The molecule has 0 bridgehead atoms. The van der Waals surface area contributed by atoms with Gasteiger partial charge in [0, 0.05) is 18.2 Å². The number of amides is 1. The highest BCUT2D eigenvalue weighted by molar-refractivity contribution is 5.96. The van der Waals surface area contributed by atoms with Crippen LogP contribution in [0.15, 0.2) is 18.3 Å². The lowest BCUT2D eigenvalue weighted by molar-refractivity contribution is -0.158. The SMILES string of the molecule is CCOC(=O)C1(C)CCC(C)(C(C)NC(=O)c2cc(C(=O)OC)nc3ccnn23)CC1. The molecule has 2 aromatic heterocycles. The van der Waals surface area contributed by atoms with Crippen LogP contribution in [0.5, 0.6) is 0 Å². The van der Waals surface area contributed by atoms with E-state index in [1.165, 1.54) is 23.9 Å². The molecule has 1 amide bonds. The molecule has 1 fully saturated rings. The number of aromatic nitrogens is 3. The Labute approximate surface area is 181 Å². The van der Waals surface area contributed by atoms with Gasteiger partial charge in [-0.15, -0.1) is 0 Å². The topological polar surface area (TPSA) is 112 Å². The number of nitrogens with zero attached hydrogens (tertiary/aromatic N) is 3. The zero-order valence-electron chi connectivity index (χ0n) is 18.7. The molecule has 9 heteroatoms. The number of ether oxygens (including phenoxy) is 2. The molecule has 0 radical (unpaired) electrons. The maximum atomic E-state index is 13.1. The molecule has 0 spiro atoms. The van der Waals surface area contributed by atoms with Gasteiger partial charge in [0.2, 0.25) is 0 Å². The first-order chi connectivity index (χ1) is 14.6. The largest absolute Gasteiger partial charge is 0.466 e. The third kappa shape index (κ3) is 4.40. The van der Waals surface area contributed by atoms with Crippen LogP contribution in [-0.2, 0) is 14.3 Å². The van der Waals surface area contributed by atoms with Crippen molar-refractivity contribution in [3.8, 4) is 0 Å². The maximum absolute atomic E-state index is 13.1. The highest BCUT2D eigenvalue weighted by Gasteiger charge is 2.45.